The van der Waals surface area contributed by atoms with E-state index in [0.717, 1.165) is 12.6 Å². The number of benzene rings is 1. The van der Waals surface area contributed by atoms with E-state index in [4.69, 9.17) is 0 Å². The second-order valence-electron chi connectivity index (χ2n) is 5.79. The molecule has 1 aromatic carbocycles. The van der Waals surface area contributed by atoms with Crippen molar-refractivity contribution in [2.45, 2.75) is 25.0 Å². The summed E-state index contributed by atoms with van der Waals surface area (Å²) >= 11 is 0. The fraction of sp³-hybridized carbons (Fsp3) is 0.600. The summed E-state index contributed by atoms with van der Waals surface area (Å²) in [6.07, 6.45) is 1.30. The Labute approximate surface area is 110 Å². The Morgan fingerprint density at radius 1 is 1.11 bits per heavy atom. The summed E-state index contributed by atoms with van der Waals surface area (Å²) in [6.45, 7) is 5.97. The van der Waals surface area contributed by atoms with Gasteiger partial charge in [0.2, 0.25) is 0 Å². The monoisotopic (exact) mass is 245 g/mol. The third-order valence-corrected chi connectivity index (χ3v) is 4.06. The Morgan fingerprint density at radius 3 is 2.61 bits per heavy atom. The van der Waals surface area contributed by atoms with Gasteiger partial charge in [-0.25, -0.2) is 0 Å². The van der Waals surface area contributed by atoms with Gasteiger partial charge in [-0.1, -0.05) is 30.3 Å². The molecule has 0 bridgehead atoms. The van der Waals surface area contributed by atoms with Crippen molar-refractivity contribution in [1.29, 1.82) is 0 Å². The molecule has 3 rings (SSSR count). The zero-order valence-electron chi connectivity index (χ0n) is 11.2. The normalized spacial score (nSPS) is 26.4. The fourth-order valence-electron chi connectivity index (χ4n) is 3.09. The largest absolute Gasteiger partial charge is 0.307 e. The summed E-state index contributed by atoms with van der Waals surface area (Å²) < 4.78 is 0. The summed E-state index contributed by atoms with van der Waals surface area (Å²) in [6, 6.07) is 12.2. The van der Waals surface area contributed by atoms with E-state index in [-0.39, 0.29) is 0 Å². The number of likely N-dealkylation sites (N-methyl/N-ethyl adjacent to an activating group) is 1. The van der Waals surface area contributed by atoms with Crippen molar-refractivity contribution in [3.05, 3.63) is 35.9 Å². The van der Waals surface area contributed by atoms with Gasteiger partial charge in [-0.3, -0.25) is 4.90 Å². The molecule has 0 radical (unpaired) electrons. The van der Waals surface area contributed by atoms with Gasteiger partial charge in [-0.2, -0.15) is 0 Å². The molecule has 18 heavy (non-hydrogen) atoms. The van der Waals surface area contributed by atoms with Gasteiger partial charge < -0.3 is 10.2 Å². The Morgan fingerprint density at radius 2 is 1.89 bits per heavy atom. The number of hydrogen-bond donors (Lipinski definition) is 1. The molecule has 3 heteroatoms. The molecular formula is C15H23N3. The predicted octanol–water partition coefficient (Wildman–Crippen LogP) is 1.16. The Bertz CT molecular complexity index is 373. The highest BCUT2D eigenvalue weighted by Crippen LogP contribution is 2.15. The molecule has 2 saturated heterocycles. The molecule has 1 unspecified atom stereocenters. The van der Waals surface area contributed by atoms with Crippen molar-refractivity contribution in [3.8, 4) is 0 Å². The highest BCUT2D eigenvalue weighted by Gasteiger charge is 2.29. The molecule has 0 aromatic heterocycles. The van der Waals surface area contributed by atoms with Gasteiger partial charge in [0.1, 0.15) is 0 Å². The lowest BCUT2D eigenvalue weighted by Crippen LogP contribution is -2.58. The molecular weight excluding hydrogens is 222 g/mol. The van der Waals surface area contributed by atoms with E-state index in [0.29, 0.717) is 6.04 Å². The molecule has 1 atom stereocenters. The second-order valence-corrected chi connectivity index (χ2v) is 5.79. The summed E-state index contributed by atoms with van der Waals surface area (Å²) in [7, 11) is 2.19. The van der Waals surface area contributed by atoms with Crippen LogP contribution in [0.15, 0.2) is 30.3 Å². The first-order chi connectivity index (χ1) is 8.79. The average Bonchev–Trinajstić information content (AvgIpc) is 2.76. The van der Waals surface area contributed by atoms with Gasteiger partial charge in [0, 0.05) is 44.8 Å². The van der Waals surface area contributed by atoms with E-state index in [2.05, 4.69) is 52.5 Å². The van der Waals surface area contributed by atoms with Gasteiger partial charge in [0.05, 0.1) is 0 Å². The van der Waals surface area contributed by atoms with Crippen LogP contribution in [0.2, 0.25) is 0 Å². The average molecular weight is 245 g/mol. The second kappa shape index (κ2) is 5.39. The maximum atomic E-state index is 3.78. The molecule has 1 aromatic rings. The maximum absolute atomic E-state index is 3.78. The minimum atomic E-state index is 0.701. The van der Waals surface area contributed by atoms with Crippen molar-refractivity contribution in [2.75, 3.05) is 33.2 Å². The van der Waals surface area contributed by atoms with Crippen LogP contribution in [0.1, 0.15) is 12.0 Å². The lowest BCUT2D eigenvalue weighted by atomic mass is 10.1. The first-order valence-corrected chi connectivity index (χ1v) is 7.00. The number of nitrogens with one attached hydrogen (secondary N) is 1. The highest BCUT2D eigenvalue weighted by atomic mass is 15.3. The smallest absolute Gasteiger partial charge is 0.0325 e. The zero-order valence-corrected chi connectivity index (χ0v) is 11.2. The summed E-state index contributed by atoms with van der Waals surface area (Å²) in [5.74, 6) is 0. The lowest BCUT2D eigenvalue weighted by molar-refractivity contribution is 0.150. The van der Waals surface area contributed by atoms with Gasteiger partial charge in [-0.05, 0) is 19.0 Å². The number of likely N-dealkylation sites (tertiary alicyclic amines) is 2. The first kappa shape index (κ1) is 12.2. The maximum Gasteiger partial charge on any atom is 0.0325 e. The number of hydrogen-bond acceptors (Lipinski definition) is 3. The van der Waals surface area contributed by atoms with E-state index in [1.807, 2.05) is 0 Å². The van der Waals surface area contributed by atoms with Crippen LogP contribution in [-0.4, -0.2) is 55.1 Å². The van der Waals surface area contributed by atoms with Crippen LogP contribution < -0.4 is 5.32 Å². The molecule has 0 amide bonds. The SMILES string of the molecule is CN1CC(NC2CCN(Cc3ccccc3)C2)C1. The highest BCUT2D eigenvalue weighted by molar-refractivity contribution is 5.14. The topological polar surface area (TPSA) is 18.5 Å². The van der Waals surface area contributed by atoms with Crippen molar-refractivity contribution < 1.29 is 0 Å². The molecule has 2 aliphatic rings. The summed E-state index contributed by atoms with van der Waals surface area (Å²) in [4.78, 5) is 4.93. The van der Waals surface area contributed by atoms with Crippen LogP contribution in [0, 0.1) is 0 Å². The Balaban J connectivity index is 1.44. The minimum absolute atomic E-state index is 0.701. The predicted molar refractivity (Wildman–Crippen MR) is 74.5 cm³/mol. The van der Waals surface area contributed by atoms with Crippen molar-refractivity contribution >= 4 is 0 Å². The van der Waals surface area contributed by atoms with Gasteiger partial charge in [0.25, 0.3) is 0 Å². The molecule has 2 heterocycles. The summed E-state index contributed by atoms with van der Waals surface area (Å²) in [5.41, 5.74) is 1.43. The summed E-state index contributed by atoms with van der Waals surface area (Å²) in [5, 5.41) is 3.78. The Kier molecular flexibility index (Phi) is 3.64. The van der Waals surface area contributed by atoms with E-state index >= 15 is 0 Å². The first-order valence-electron chi connectivity index (χ1n) is 7.00. The van der Waals surface area contributed by atoms with Crippen molar-refractivity contribution in [2.24, 2.45) is 0 Å². The third kappa shape index (κ3) is 2.91. The van der Waals surface area contributed by atoms with Gasteiger partial charge >= 0.3 is 0 Å². The van der Waals surface area contributed by atoms with E-state index < -0.39 is 0 Å². The van der Waals surface area contributed by atoms with Crippen LogP contribution in [0.5, 0.6) is 0 Å². The van der Waals surface area contributed by atoms with Crippen LogP contribution >= 0.6 is 0 Å². The zero-order chi connectivity index (χ0) is 12.4. The van der Waals surface area contributed by atoms with Crippen molar-refractivity contribution in [3.63, 3.8) is 0 Å². The van der Waals surface area contributed by atoms with Crippen LogP contribution in [0.25, 0.3) is 0 Å². The van der Waals surface area contributed by atoms with E-state index in [9.17, 15) is 0 Å². The lowest BCUT2D eigenvalue weighted by Gasteiger charge is -2.38. The minimum Gasteiger partial charge on any atom is -0.307 e. The fourth-order valence-corrected chi connectivity index (χ4v) is 3.09. The Hall–Kier alpha value is -0.900. The third-order valence-electron chi connectivity index (χ3n) is 4.06. The molecule has 98 valence electrons. The molecule has 3 nitrogen and oxygen atoms in total. The van der Waals surface area contributed by atoms with Gasteiger partial charge in [-0.15, -0.1) is 0 Å². The van der Waals surface area contributed by atoms with E-state index in [1.165, 1.54) is 38.2 Å². The van der Waals surface area contributed by atoms with Crippen molar-refractivity contribution in [1.82, 2.24) is 15.1 Å². The molecule has 1 N–H and O–H groups in total. The van der Waals surface area contributed by atoms with Crippen LogP contribution in [-0.2, 0) is 6.54 Å². The van der Waals surface area contributed by atoms with Crippen LogP contribution in [0.3, 0.4) is 0 Å². The quantitative estimate of drug-likeness (QED) is 0.859. The molecule has 0 aliphatic carbocycles. The molecule has 0 spiro atoms. The van der Waals surface area contributed by atoms with E-state index in [1.54, 1.807) is 0 Å². The number of nitrogens with zero attached hydrogens (tertiary/aromatic N) is 2. The standard InChI is InChI=1S/C15H23N3/c1-17-10-15(11-17)16-14-7-8-18(12-14)9-13-5-3-2-4-6-13/h2-6,14-16H,7-12H2,1H3. The molecule has 0 saturated carbocycles. The molecule has 2 aliphatic heterocycles. The van der Waals surface area contributed by atoms with Gasteiger partial charge in [0.15, 0.2) is 0 Å². The van der Waals surface area contributed by atoms with Crippen LogP contribution in [0.4, 0.5) is 0 Å². The number of rotatable bonds is 4. The molecule has 2 fully saturated rings.